The Hall–Kier alpha value is -8.93. The quantitative estimate of drug-likeness (QED) is 0.0259. The lowest BCUT2D eigenvalue weighted by atomic mass is 10.2. The summed E-state index contributed by atoms with van der Waals surface area (Å²) in [5, 5.41) is 28.8. The van der Waals surface area contributed by atoms with Gasteiger partial charge in [-0.1, -0.05) is 139 Å². The zero-order chi connectivity index (χ0) is 74.1. The van der Waals surface area contributed by atoms with E-state index in [1.54, 1.807) is 38.5 Å². The predicted molar refractivity (Wildman–Crippen MR) is 450 cm³/mol. The van der Waals surface area contributed by atoms with Crippen molar-refractivity contribution in [1.82, 2.24) is 39.1 Å². The van der Waals surface area contributed by atoms with E-state index in [4.69, 9.17) is 42.2 Å². The molecule has 0 spiro atoms. The Kier molecular flexibility index (Phi) is 34.5. The first-order valence-corrected chi connectivity index (χ1v) is 38.3. The van der Waals surface area contributed by atoms with Gasteiger partial charge in [0, 0.05) is 79.2 Å². The highest BCUT2D eigenvalue weighted by Gasteiger charge is 2.20. The number of rotatable bonds is 19. The zero-order valence-electron chi connectivity index (χ0n) is 60.6. The predicted octanol–water partition coefficient (Wildman–Crippen LogP) is 20.2. The van der Waals surface area contributed by atoms with Crippen molar-refractivity contribution < 1.29 is 24.1 Å². The number of anilines is 2. The Bertz CT molecular complexity index is 4530. The van der Waals surface area contributed by atoms with E-state index in [0.717, 1.165) is 143 Å². The number of phenols is 1. The maximum atomic E-state index is 9.21. The molecule has 0 bridgehead atoms. The largest absolute Gasteiger partial charge is 0.508 e. The van der Waals surface area contributed by atoms with Gasteiger partial charge in [-0.3, -0.25) is 5.84 Å². The van der Waals surface area contributed by atoms with Crippen LogP contribution in [-0.4, -0.2) is 116 Å². The van der Waals surface area contributed by atoms with E-state index >= 15 is 0 Å². The summed E-state index contributed by atoms with van der Waals surface area (Å²) in [4.78, 5) is 5.09. The fraction of sp³-hybridized carbons (Fsp3) is 0.250. The van der Waals surface area contributed by atoms with Crippen molar-refractivity contribution in [2.24, 2.45) is 11.7 Å². The Morgan fingerprint density at radius 3 is 1.25 bits per heavy atom. The van der Waals surface area contributed by atoms with Crippen molar-refractivity contribution in [2.75, 3.05) is 70.4 Å². The number of hydrazine groups is 2. The van der Waals surface area contributed by atoms with Gasteiger partial charge in [-0.25, -0.2) is 19.9 Å². The van der Waals surface area contributed by atoms with Crippen LogP contribution in [0.15, 0.2) is 270 Å². The molecule has 0 aliphatic carbocycles. The van der Waals surface area contributed by atoms with E-state index < -0.39 is 0 Å². The molecule has 2 saturated heterocycles. The van der Waals surface area contributed by atoms with Crippen LogP contribution >= 0.6 is 71.8 Å². The van der Waals surface area contributed by atoms with E-state index in [1.165, 1.54) is 55.4 Å². The normalized spacial score (nSPS) is 13.6. The third-order valence-corrected chi connectivity index (χ3v) is 20.1. The summed E-state index contributed by atoms with van der Waals surface area (Å²) in [5.41, 5.74) is 12.8. The van der Waals surface area contributed by atoms with Crippen molar-refractivity contribution in [3.05, 3.63) is 281 Å². The van der Waals surface area contributed by atoms with Crippen molar-refractivity contribution >= 4 is 116 Å². The number of alkyl halides is 2. The van der Waals surface area contributed by atoms with Gasteiger partial charge in [0.15, 0.2) is 0 Å². The fourth-order valence-electron chi connectivity index (χ4n) is 11.7. The molecule has 0 radical (unpaired) electrons. The molecular formula is C84H95Br3Cl2N12O5. The molecule has 556 valence electrons. The molecule has 6 N–H and O–H groups in total. The third kappa shape index (κ3) is 25.7. The molecule has 2 fully saturated rings. The van der Waals surface area contributed by atoms with Gasteiger partial charge in [0.1, 0.15) is 28.7 Å². The van der Waals surface area contributed by atoms with Crippen molar-refractivity contribution in [3.63, 3.8) is 0 Å². The standard InChI is InChI=1S/C21H25N3O.C14H15BrN2O.C14H12N2O.C13H10N2O.C8H16ClN.C7H6Br2.C7H10N2O.ClH/c1-17-6-4-13-23(17)14-5-15-25-20-11-9-19(10-12-20)24-16-18-7-2-3-8-21(18)22-24;1-18-13-8-6-12(7-9-13)17(16)10-11-4-2-3-5-14(11)15;1-17-13-8-6-12(7-9-13)16-10-11-4-2-3-5-14(11)15-16;16-12-7-5-11(6-8-12)15-9-10-3-1-2-4-13(10)14-15;1-8-4-2-6-10(8)7-3-5-9;8-5-6-3-1-2-4-7(6)9;1-10-7-4-2-6(9-8)3-5-7;/h2-3,7-12,16-17H,4-6,13-15H2,1H3;2-9H,10,16H2,1H3;2-10H,1H3;1-9,16H;8H,2-7H2,1H3;1-4H,5H2;2-5,9H,8H2,1H3;1H. The summed E-state index contributed by atoms with van der Waals surface area (Å²) < 4.78 is 28.9. The molecule has 13 aromatic rings. The van der Waals surface area contributed by atoms with Crippen LogP contribution in [0.2, 0.25) is 0 Å². The molecule has 5 heterocycles. The molecule has 2 unspecified atom stereocenters. The Morgan fingerprint density at radius 1 is 0.500 bits per heavy atom. The van der Waals surface area contributed by atoms with Gasteiger partial charge >= 0.3 is 0 Å². The highest BCUT2D eigenvalue weighted by atomic mass is 79.9. The second-order valence-electron chi connectivity index (χ2n) is 24.9. The monoisotopic (exact) mass is 1660 g/mol. The van der Waals surface area contributed by atoms with Gasteiger partial charge < -0.3 is 44.3 Å². The average Bonchev–Trinajstić information content (AvgIpc) is 1.72. The number of hydrogen-bond acceptors (Lipinski definition) is 14. The number of halogens is 5. The number of likely N-dealkylation sites (tertiary alicyclic amines) is 2. The summed E-state index contributed by atoms with van der Waals surface area (Å²) in [6.45, 7) is 10.9. The van der Waals surface area contributed by atoms with Crippen molar-refractivity contribution in [3.8, 4) is 45.8 Å². The fourth-order valence-corrected chi connectivity index (χ4v) is 13.5. The third-order valence-electron chi connectivity index (χ3n) is 17.7. The van der Waals surface area contributed by atoms with Crippen LogP contribution in [0.5, 0.6) is 28.7 Å². The highest BCUT2D eigenvalue weighted by molar-refractivity contribution is 9.11. The summed E-state index contributed by atoms with van der Waals surface area (Å²) in [5.74, 6) is 15.7. The molecule has 2 aliphatic heterocycles. The summed E-state index contributed by atoms with van der Waals surface area (Å²) in [6, 6.07) is 80.0. The lowest BCUT2D eigenvalue weighted by molar-refractivity contribution is 0.230. The number of fused-ring (bicyclic) bond motifs is 3. The van der Waals surface area contributed by atoms with Crippen LogP contribution in [0.3, 0.4) is 0 Å². The van der Waals surface area contributed by atoms with Gasteiger partial charge in [0.25, 0.3) is 0 Å². The smallest absolute Gasteiger partial charge is 0.119 e. The maximum Gasteiger partial charge on any atom is 0.119 e. The minimum Gasteiger partial charge on any atom is -0.508 e. The lowest BCUT2D eigenvalue weighted by Gasteiger charge is -2.20. The Labute approximate surface area is 659 Å². The van der Waals surface area contributed by atoms with Crippen LogP contribution in [-0.2, 0) is 11.9 Å². The van der Waals surface area contributed by atoms with Gasteiger partial charge in [-0.15, -0.1) is 24.0 Å². The minimum absolute atomic E-state index is 0. The number of nitrogens with two attached hydrogens (primary N) is 2. The van der Waals surface area contributed by atoms with E-state index in [2.05, 4.69) is 129 Å². The SMILES string of the molecule is BrCc1ccccc1Br.CC1CCCN1CCCCl.CC1CCCN1CCCOc1ccc(-n2cc3ccccc3n2)cc1.COc1ccc(-n2cc3ccccc3n2)cc1.COc1ccc(N(N)Cc2ccccc2Br)cc1.COc1ccc(NN)cc1.Cl.Oc1ccc(-n2cc3ccccc3n2)cc1. The van der Waals surface area contributed by atoms with Crippen LogP contribution in [0.4, 0.5) is 11.4 Å². The number of hydrogen-bond donors (Lipinski definition) is 4. The van der Waals surface area contributed by atoms with Crippen molar-refractivity contribution in [2.45, 2.75) is 76.3 Å². The van der Waals surface area contributed by atoms with Gasteiger partial charge in [-0.05, 0) is 235 Å². The second-order valence-corrected chi connectivity index (χ2v) is 27.6. The number of methoxy groups -OCH3 is 3. The van der Waals surface area contributed by atoms with E-state index in [9.17, 15) is 5.11 Å². The Morgan fingerprint density at radius 2 is 0.877 bits per heavy atom. The van der Waals surface area contributed by atoms with E-state index in [0.29, 0.717) is 6.54 Å². The summed E-state index contributed by atoms with van der Waals surface area (Å²) >= 11 is 15.9. The number of aromatic nitrogens is 6. The zero-order valence-corrected chi connectivity index (χ0v) is 66.9. The summed E-state index contributed by atoms with van der Waals surface area (Å²) in [7, 11) is 4.94. The molecule has 10 aromatic carbocycles. The molecule has 22 heteroatoms. The summed E-state index contributed by atoms with van der Waals surface area (Å²) in [6.07, 6.45) is 13.7. The number of phenolic OH excluding ortho intramolecular Hbond substituents is 1. The maximum absolute atomic E-state index is 9.21. The number of benzene rings is 10. The lowest BCUT2D eigenvalue weighted by Crippen LogP contribution is -2.30. The molecular weight excluding hydrogens is 1570 g/mol. The first kappa shape index (κ1) is 82.7. The van der Waals surface area contributed by atoms with Crippen LogP contribution in [0.25, 0.3) is 49.8 Å². The second kappa shape index (κ2) is 44.3. The number of ether oxygens (including phenoxy) is 4. The number of nitrogens with zero attached hydrogens (tertiary/aromatic N) is 9. The van der Waals surface area contributed by atoms with Gasteiger partial charge in [0.2, 0.25) is 0 Å². The van der Waals surface area contributed by atoms with Crippen LogP contribution in [0.1, 0.15) is 63.5 Å². The molecule has 15 rings (SSSR count). The molecule has 3 aromatic heterocycles. The molecule has 2 atom stereocenters. The number of nitrogens with one attached hydrogen (secondary N) is 1. The first-order valence-electron chi connectivity index (χ1n) is 35.1. The topological polar surface area (TPSA) is 184 Å². The average molecular weight is 1660 g/mol. The molecule has 0 saturated carbocycles. The van der Waals surface area contributed by atoms with Crippen LogP contribution < -0.4 is 41.1 Å². The molecule has 106 heavy (non-hydrogen) atoms. The first-order chi connectivity index (χ1) is 51.2. The minimum atomic E-state index is 0. The molecule has 0 amide bonds. The van der Waals surface area contributed by atoms with Crippen LogP contribution in [0, 0.1) is 0 Å². The molecule has 2 aliphatic rings. The van der Waals surface area contributed by atoms with Gasteiger partial charge in [-0.2, -0.15) is 15.3 Å². The van der Waals surface area contributed by atoms with Gasteiger partial charge in [0.05, 0.1) is 73.8 Å². The highest BCUT2D eigenvalue weighted by Crippen LogP contribution is 2.26. The number of nitrogen functional groups attached to an aromatic ring is 1. The van der Waals surface area contributed by atoms with Crippen molar-refractivity contribution in [1.29, 1.82) is 0 Å². The van der Waals surface area contributed by atoms with E-state index in [-0.39, 0.29) is 18.2 Å². The van der Waals surface area contributed by atoms with E-state index in [1.807, 2.05) is 227 Å². The molecule has 17 nitrogen and oxygen atoms in total. The Balaban J connectivity index is 0.000000160. The number of aromatic hydroxyl groups is 1.